The summed E-state index contributed by atoms with van der Waals surface area (Å²) in [6.07, 6.45) is 2.35. The highest BCUT2D eigenvalue weighted by molar-refractivity contribution is 7.80. The maximum Gasteiger partial charge on any atom is 0.256 e. The minimum absolute atomic E-state index is 0.000282. The van der Waals surface area contributed by atoms with Crippen molar-refractivity contribution in [1.82, 2.24) is 9.80 Å². The minimum Gasteiger partial charge on any atom is -0.494 e. The molecule has 0 aliphatic carbocycles. The van der Waals surface area contributed by atoms with E-state index in [9.17, 15) is 9.59 Å². The zero-order chi connectivity index (χ0) is 25.7. The number of nitrogens with one attached hydrogen (secondary N) is 1. The number of benzene rings is 2. The molecule has 9 heteroatoms. The molecule has 0 radical (unpaired) electrons. The third kappa shape index (κ3) is 6.35. The van der Waals surface area contributed by atoms with Crippen LogP contribution in [0.5, 0.6) is 5.75 Å². The Kier molecular flexibility index (Phi) is 8.82. The quantitative estimate of drug-likeness (QED) is 0.472. The molecule has 2 amide bonds. The molecule has 36 heavy (non-hydrogen) atoms. The third-order valence-corrected chi connectivity index (χ3v) is 7.40. The zero-order valence-corrected chi connectivity index (χ0v) is 22.4. The fraction of sp³-hybridized carbons (Fsp3) is 0.444. The lowest BCUT2D eigenvalue weighted by Crippen LogP contribution is -2.44. The third-order valence-electron chi connectivity index (χ3n) is 6.75. The average molecular weight is 529 g/mol. The zero-order valence-electron chi connectivity index (χ0n) is 20.8. The lowest BCUT2D eigenvalue weighted by molar-refractivity contribution is -0.124. The summed E-state index contributed by atoms with van der Waals surface area (Å²) < 4.78 is 5.46. The predicted octanol–water partition coefficient (Wildman–Crippen LogP) is 4.80. The van der Waals surface area contributed by atoms with Crippen LogP contribution in [0.25, 0.3) is 0 Å². The van der Waals surface area contributed by atoms with Gasteiger partial charge in [-0.25, -0.2) is 0 Å². The van der Waals surface area contributed by atoms with E-state index >= 15 is 0 Å². The first-order valence-corrected chi connectivity index (χ1v) is 13.3. The van der Waals surface area contributed by atoms with Crippen LogP contribution < -0.4 is 15.0 Å². The predicted molar refractivity (Wildman–Crippen MR) is 148 cm³/mol. The molecule has 0 bridgehead atoms. The molecule has 2 aromatic carbocycles. The van der Waals surface area contributed by atoms with Crippen molar-refractivity contribution in [1.29, 1.82) is 0 Å². The Hall–Kier alpha value is -2.68. The van der Waals surface area contributed by atoms with E-state index in [1.165, 1.54) is 17.7 Å². The molecule has 1 atom stereocenters. The molecule has 0 spiro atoms. The normalized spacial score (nSPS) is 19.1. The molecule has 2 saturated heterocycles. The van der Waals surface area contributed by atoms with Crippen molar-refractivity contribution in [3.05, 3.63) is 53.6 Å². The summed E-state index contributed by atoms with van der Waals surface area (Å²) in [6.45, 7) is 8.23. The Morgan fingerprint density at radius 1 is 1.14 bits per heavy atom. The van der Waals surface area contributed by atoms with Crippen LogP contribution in [0.1, 0.15) is 33.1 Å². The highest BCUT2D eigenvalue weighted by Crippen LogP contribution is 2.29. The largest absolute Gasteiger partial charge is 0.494 e. The maximum absolute atomic E-state index is 13.6. The molecule has 7 nitrogen and oxygen atoms in total. The van der Waals surface area contributed by atoms with Crippen molar-refractivity contribution >= 4 is 52.1 Å². The van der Waals surface area contributed by atoms with Crippen LogP contribution in [0.4, 0.5) is 11.4 Å². The van der Waals surface area contributed by atoms with E-state index < -0.39 is 6.04 Å². The second kappa shape index (κ2) is 12.0. The second-order valence-electron chi connectivity index (χ2n) is 9.38. The van der Waals surface area contributed by atoms with Crippen molar-refractivity contribution in [2.45, 2.75) is 39.2 Å². The van der Waals surface area contributed by atoms with Gasteiger partial charge in [0.2, 0.25) is 5.91 Å². The van der Waals surface area contributed by atoms with Gasteiger partial charge in [0, 0.05) is 23.8 Å². The molecule has 4 rings (SSSR count). The van der Waals surface area contributed by atoms with E-state index in [1.54, 1.807) is 30.3 Å². The summed E-state index contributed by atoms with van der Waals surface area (Å²) in [5.74, 6) is 1.02. The summed E-state index contributed by atoms with van der Waals surface area (Å²) in [4.78, 5) is 32.4. The van der Waals surface area contributed by atoms with Gasteiger partial charge in [-0.2, -0.15) is 0 Å². The highest BCUT2D eigenvalue weighted by atomic mass is 35.5. The van der Waals surface area contributed by atoms with Crippen LogP contribution in [0.3, 0.4) is 0 Å². The first-order chi connectivity index (χ1) is 17.4. The number of amides is 2. The van der Waals surface area contributed by atoms with Gasteiger partial charge >= 0.3 is 0 Å². The van der Waals surface area contributed by atoms with Gasteiger partial charge in [0.1, 0.15) is 11.8 Å². The SMILES string of the molecule is CCOc1ccc(NC(=O)C[C@@H]2C(=O)N(c3cccc(Cl)c3)C(=S)N2CCN2CCC(C)CC2)cc1. The van der Waals surface area contributed by atoms with Crippen molar-refractivity contribution in [2.24, 2.45) is 5.92 Å². The number of thiocarbonyl (C=S) groups is 1. The minimum atomic E-state index is -0.678. The van der Waals surface area contributed by atoms with Crippen LogP contribution in [-0.4, -0.2) is 65.6 Å². The van der Waals surface area contributed by atoms with Gasteiger partial charge in [0.15, 0.2) is 5.11 Å². The number of nitrogens with zero attached hydrogens (tertiary/aromatic N) is 3. The maximum atomic E-state index is 13.6. The second-order valence-corrected chi connectivity index (χ2v) is 10.2. The number of ether oxygens (including phenoxy) is 1. The van der Waals surface area contributed by atoms with Gasteiger partial charge in [-0.3, -0.25) is 14.5 Å². The lowest BCUT2D eigenvalue weighted by atomic mass is 9.99. The van der Waals surface area contributed by atoms with E-state index in [0.29, 0.717) is 34.7 Å². The van der Waals surface area contributed by atoms with Gasteiger partial charge in [0.25, 0.3) is 5.91 Å². The number of rotatable bonds is 9. The van der Waals surface area contributed by atoms with Crippen LogP contribution >= 0.6 is 23.8 Å². The average Bonchev–Trinajstić information content (AvgIpc) is 3.08. The van der Waals surface area contributed by atoms with Gasteiger partial charge in [-0.05, 0) is 93.5 Å². The summed E-state index contributed by atoms with van der Waals surface area (Å²) in [5.41, 5.74) is 1.26. The van der Waals surface area contributed by atoms with Gasteiger partial charge in [0.05, 0.1) is 18.7 Å². The number of halogens is 1. The summed E-state index contributed by atoms with van der Waals surface area (Å²) >= 11 is 12.0. The van der Waals surface area contributed by atoms with Crippen LogP contribution in [0.2, 0.25) is 5.02 Å². The van der Waals surface area contributed by atoms with Crippen molar-refractivity contribution in [2.75, 3.05) is 43.0 Å². The number of carbonyl (C=O) groups excluding carboxylic acids is 2. The highest BCUT2D eigenvalue weighted by Gasteiger charge is 2.44. The Morgan fingerprint density at radius 3 is 2.53 bits per heavy atom. The Morgan fingerprint density at radius 2 is 1.86 bits per heavy atom. The number of anilines is 2. The van der Waals surface area contributed by atoms with Crippen LogP contribution in [0.15, 0.2) is 48.5 Å². The number of hydrogen-bond donors (Lipinski definition) is 1. The number of carbonyl (C=O) groups is 2. The molecule has 2 aliphatic heterocycles. The smallest absolute Gasteiger partial charge is 0.256 e. The van der Waals surface area contributed by atoms with Crippen molar-refractivity contribution in [3.8, 4) is 5.75 Å². The lowest BCUT2D eigenvalue weighted by Gasteiger charge is -2.32. The fourth-order valence-corrected chi connectivity index (χ4v) is 5.26. The van der Waals surface area contributed by atoms with Gasteiger partial charge in [-0.1, -0.05) is 24.6 Å². The fourth-order valence-electron chi connectivity index (χ4n) is 4.66. The Balaban J connectivity index is 1.48. The van der Waals surface area contributed by atoms with E-state index in [2.05, 4.69) is 17.1 Å². The molecule has 192 valence electrons. The Labute approximate surface area is 223 Å². The van der Waals surface area contributed by atoms with Gasteiger partial charge < -0.3 is 19.9 Å². The van der Waals surface area contributed by atoms with Crippen molar-refractivity contribution in [3.63, 3.8) is 0 Å². The first kappa shape index (κ1) is 26.4. The molecule has 0 aromatic heterocycles. The van der Waals surface area contributed by atoms with Crippen LogP contribution in [-0.2, 0) is 9.59 Å². The topological polar surface area (TPSA) is 65.1 Å². The molecular weight excluding hydrogens is 496 g/mol. The van der Waals surface area contributed by atoms with E-state index in [0.717, 1.165) is 31.3 Å². The van der Waals surface area contributed by atoms with E-state index in [4.69, 9.17) is 28.6 Å². The van der Waals surface area contributed by atoms with E-state index in [1.807, 2.05) is 30.0 Å². The van der Waals surface area contributed by atoms with Gasteiger partial charge in [-0.15, -0.1) is 0 Å². The number of piperidine rings is 1. The molecule has 2 aromatic rings. The molecule has 0 unspecified atom stereocenters. The van der Waals surface area contributed by atoms with Crippen LogP contribution in [0, 0.1) is 5.92 Å². The first-order valence-electron chi connectivity index (χ1n) is 12.5. The Bertz CT molecular complexity index is 1090. The molecule has 2 fully saturated rings. The summed E-state index contributed by atoms with van der Waals surface area (Å²) in [5, 5.41) is 3.83. The monoisotopic (exact) mass is 528 g/mol. The molecule has 1 N–H and O–H groups in total. The molecular formula is C27H33ClN4O3S. The van der Waals surface area contributed by atoms with Crippen molar-refractivity contribution < 1.29 is 14.3 Å². The summed E-state index contributed by atoms with van der Waals surface area (Å²) in [7, 11) is 0. The molecule has 0 saturated carbocycles. The molecule has 2 heterocycles. The standard InChI is InChI=1S/C27H33ClN4O3S/c1-3-35-23-9-7-21(8-10-23)29-25(33)18-24-26(34)32(22-6-4-5-20(28)17-22)27(36)31(24)16-15-30-13-11-19(2)12-14-30/h4-10,17,19,24H,3,11-16,18H2,1-2H3,(H,29,33)/t24-/m1/s1. The summed E-state index contributed by atoms with van der Waals surface area (Å²) in [6, 6.07) is 13.6. The number of hydrogen-bond acceptors (Lipinski definition) is 5. The van der Waals surface area contributed by atoms with E-state index in [-0.39, 0.29) is 18.2 Å². The number of likely N-dealkylation sites (tertiary alicyclic amines) is 1. The molecule has 2 aliphatic rings.